The highest BCUT2D eigenvalue weighted by atomic mass is 16.2. The highest BCUT2D eigenvalue weighted by molar-refractivity contribution is 5.94. The van der Waals surface area contributed by atoms with E-state index in [0.717, 1.165) is 30.3 Å². The van der Waals surface area contributed by atoms with Crippen LogP contribution in [-0.4, -0.2) is 46.5 Å². The van der Waals surface area contributed by atoms with Gasteiger partial charge in [-0.15, -0.1) is 0 Å². The molecular weight excluding hydrogens is 336 g/mol. The van der Waals surface area contributed by atoms with Gasteiger partial charge in [0.25, 0.3) is 5.91 Å². The molecule has 0 atom stereocenters. The van der Waals surface area contributed by atoms with Gasteiger partial charge in [-0.1, -0.05) is 35.4 Å². The van der Waals surface area contributed by atoms with E-state index in [4.69, 9.17) is 0 Å². The monoisotopic (exact) mass is 360 g/mol. The van der Waals surface area contributed by atoms with Gasteiger partial charge < -0.3 is 9.80 Å². The van der Waals surface area contributed by atoms with Gasteiger partial charge in [0.15, 0.2) is 0 Å². The van der Waals surface area contributed by atoms with E-state index in [-0.39, 0.29) is 5.91 Å². The van der Waals surface area contributed by atoms with Gasteiger partial charge in [-0.05, 0) is 38.1 Å². The molecule has 1 aromatic heterocycles. The largest absolute Gasteiger partial charge is 0.338 e. The predicted molar refractivity (Wildman–Crippen MR) is 108 cm³/mol. The quantitative estimate of drug-likeness (QED) is 0.718. The summed E-state index contributed by atoms with van der Waals surface area (Å²) in [6.07, 6.45) is 3.82. The number of aryl methyl sites for hydroxylation is 2. The zero-order valence-corrected chi connectivity index (χ0v) is 15.8. The van der Waals surface area contributed by atoms with Crippen LogP contribution >= 0.6 is 0 Å². The summed E-state index contributed by atoms with van der Waals surface area (Å²) in [6, 6.07) is 16.2. The van der Waals surface area contributed by atoms with Gasteiger partial charge in [-0.25, -0.2) is 4.98 Å². The first-order chi connectivity index (χ1) is 13.1. The Hall–Kier alpha value is -3.08. The number of rotatable bonds is 3. The van der Waals surface area contributed by atoms with Gasteiger partial charge in [0.1, 0.15) is 0 Å². The molecular formula is C22H24N4O. The Kier molecular flexibility index (Phi) is 4.67. The highest BCUT2D eigenvalue weighted by Crippen LogP contribution is 2.20. The molecule has 138 valence electrons. The molecule has 27 heavy (non-hydrogen) atoms. The van der Waals surface area contributed by atoms with E-state index in [9.17, 15) is 4.79 Å². The molecule has 3 aromatic rings. The topological polar surface area (TPSA) is 41.4 Å². The van der Waals surface area contributed by atoms with Crippen molar-refractivity contribution in [1.82, 2.24) is 14.5 Å². The van der Waals surface area contributed by atoms with Crippen molar-refractivity contribution in [1.29, 1.82) is 0 Å². The smallest absolute Gasteiger partial charge is 0.253 e. The lowest BCUT2D eigenvalue weighted by Gasteiger charge is -2.35. The summed E-state index contributed by atoms with van der Waals surface area (Å²) in [5.74, 6) is 1.04. The molecule has 0 aliphatic carbocycles. The lowest BCUT2D eigenvalue weighted by Crippen LogP contribution is -2.49. The lowest BCUT2D eigenvalue weighted by molar-refractivity contribution is 0.0746. The van der Waals surface area contributed by atoms with Crippen LogP contribution in [0.4, 0.5) is 5.95 Å². The predicted octanol–water partition coefficient (Wildman–Crippen LogP) is 3.45. The number of carbonyl (C=O) groups excluding carboxylic acids is 1. The van der Waals surface area contributed by atoms with Crippen LogP contribution in [0, 0.1) is 13.8 Å². The number of nitrogens with zero attached hydrogens (tertiary/aromatic N) is 4. The molecule has 2 aromatic carbocycles. The minimum absolute atomic E-state index is 0.108. The van der Waals surface area contributed by atoms with E-state index in [1.54, 1.807) is 0 Å². The van der Waals surface area contributed by atoms with Gasteiger partial charge >= 0.3 is 0 Å². The summed E-state index contributed by atoms with van der Waals surface area (Å²) in [5.41, 5.74) is 4.27. The zero-order chi connectivity index (χ0) is 18.8. The molecule has 1 fully saturated rings. The minimum Gasteiger partial charge on any atom is -0.338 e. The third-order valence-electron chi connectivity index (χ3n) is 5.08. The van der Waals surface area contributed by atoms with Crippen LogP contribution in [0.15, 0.2) is 60.9 Å². The normalized spacial score (nSPS) is 14.4. The van der Waals surface area contributed by atoms with Crippen LogP contribution in [0.3, 0.4) is 0 Å². The average molecular weight is 360 g/mol. The van der Waals surface area contributed by atoms with Gasteiger partial charge in [-0.3, -0.25) is 9.36 Å². The molecule has 1 aliphatic heterocycles. The van der Waals surface area contributed by atoms with Crippen molar-refractivity contribution >= 4 is 11.9 Å². The summed E-state index contributed by atoms with van der Waals surface area (Å²) < 4.78 is 2.11. The molecule has 2 heterocycles. The number of hydrogen-bond donors (Lipinski definition) is 0. The highest BCUT2D eigenvalue weighted by Gasteiger charge is 2.24. The van der Waals surface area contributed by atoms with Gasteiger partial charge in [0, 0.05) is 49.8 Å². The van der Waals surface area contributed by atoms with Crippen LogP contribution in [-0.2, 0) is 0 Å². The molecule has 0 radical (unpaired) electrons. The second kappa shape index (κ2) is 7.27. The molecule has 0 saturated carbocycles. The van der Waals surface area contributed by atoms with E-state index >= 15 is 0 Å². The first-order valence-electron chi connectivity index (χ1n) is 9.33. The molecule has 0 unspecified atom stereocenters. The molecule has 1 saturated heterocycles. The summed E-state index contributed by atoms with van der Waals surface area (Å²) in [4.78, 5) is 21.5. The second-order valence-corrected chi connectivity index (χ2v) is 7.08. The Balaban J connectivity index is 1.46. The molecule has 0 bridgehead atoms. The van der Waals surface area contributed by atoms with Gasteiger partial charge in [0.2, 0.25) is 5.95 Å². The SMILES string of the molecule is Cc1ccc(C(=O)N2CCN(c3nccn3-c3ccc(C)cc3)CC2)cc1. The van der Waals surface area contributed by atoms with Crippen molar-refractivity contribution in [3.05, 3.63) is 77.6 Å². The Bertz CT molecular complexity index is 920. The number of piperazine rings is 1. The van der Waals surface area contributed by atoms with Crippen LogP contribution in [0.25, 0.3) is 5.69 Å². The summed E-state index contributed by atoms with van der Waals surface area (Å²) in [7, 11) is 0. The van der Waals surface area contributed by atoms with Crippen LogP contribution in [0.1, 0.15) is 21.5 Å². The van der Waals surface area contributed by atoms with E-state index < -0.39 is 0 Å². The number of benzene rings is 2. The number of aromatic nitrogens is 2. The first kappa shape index (κ1) is 17.3. The van der Waals surface area contributed by atoms with E-state index in [2.05, 4.69) is 45.6 Å². The number of amides is 1. The molecule has 5 nitrogen and oxygen atoms in total. The van der Waals surface area contributed by atoms with Crippen molar-refractivity contribution in [2.45, 2.75) is 13.8 Å². The maximum atomic E-state index is 12.7. The van der Waals surface area contributed by atoms with E-state index in [1.807, 2.05) is 48.5 Å². The molecule has 0 N–H and O–H groups in total. The first-order valence-corrected chi connectivity index (χ1v) is 9.33. The Morgan fingerprint density at radius 3 is 2.07 bits per heavy atom. The maximum absolute atomic E-state index is 12.7. The maximum Gasteiger partial charge on any atom is 0.253 e. The number of imidazole rings is 1. The number of carbonyl (C=O) groups is 1. The van der Waals surface area contributed by atoms with Crippen molar-refractivity contribution in [2.24, 2.45) is 0 Å². The second-order valence-electron chi connectivity index (χ2n) is 7.08. The Morgan fingerprint density at radius 1 is 0.852 bits per heavy atom. The van der Waals surface area contributed by atoms with E-state index in [1.165, 1.54) is 11.1 Å². The third-order valence-corrected chi connectivity index (χ3v) is 5.08. The van der Waals surface area contributed by atoms with Gasteiger partial charge in [0.05, 0.1) is 0 Å². The average Bonchev–Trinajstić information content (AvgIpc) is 3.18. The summed E-state index contributed by atoms with van der Waals surface area (Å²) in [6.45, 7) is 7.08. The van der Waals surface area contributed by atoms with Crippen molar-refractivity contribution < 1.29 is 4.79 Å². The molecule has 4 rings (SSSR count). The zero-order valence-electron chi connectivity index (χ0n) is 15.8. The van der Waals surface area contributed by atoms with Crippen molar-refractivity contribution in [3.63, 3.8) is 0 Å². The fourth-order valence-corrected chi connectivity index (χ4v) is 3.42. The fourth-order valence-electron chi connectivity index (χ4n) is 3.42. The lowest BCUT2D eigenvalue weighted by atomic mass is 10.1. The van der Waals surface area contributed by atoms with Gasteiger partial charge in [-0.2, -0.15) is 0 Å². The molecule has 1 amide bonds. The van der Waals surface area contributed by atoms with Crippen LogP contribution in [0.5, 0.6) is 0 Å². The molecule has 0 spiro atoms. The summed E-state index contributed by atoms with van der Waals surface area (Å²) >= 11 is 0. The van der Waals surface area contributed by atoms with Crippen LogP contribution in [0.2, 0.25) is 0 Å². The third kappa shape index (κ3) is 3.58. The number of hydrogen-bond acceptors (Lipinski definition) is 3. The Labute approximate surface area is 159 Å². The van der Waals surface area contributed by atoms with Crippen molar-refractivity contribution in [2.75, 3.05) is 31.1 Å². The standard InChI is InChI=1S/C22H24N4O/c1-17-3-7-19(8-4-17)21(27)24-13-15-25(16-14-24)22-23-11-12-26(22)20-9-5-18(2)6-10-20/h3-12H,13-16H2,1-2H3. The summed E-state index contributed by atoms with van der Waals surface area (Å²) in [5, 5.41) is 0. The number of anilines is 1. The molecule has 5 heteroatoms. The van der Waals surface area contributed by atoms with Crippen LogP contribution < -0.4 is 4.90 Å². The fraction of sp³-hybridized carbons (Fsp3) is 0.273. The van der Waals surface area contributed by atoms with E-state index in [0.29, 0.717) is 13.1 Å². The minimum atomic E-state index is 0.108. The van der Waals surface area contributed by atoms with Crippen molar-refractivity contribution in [3.8, 4) is 5.69 Å². The molecule has 1 aliphatic rings. The Morgan fingerprint density at radius 2 is 1.44 bits per heavy atom.